The molecule has 1 rings (SSSR count). The Morgan fingerprint density at radius 1 is 1.12 bits per heavy atom. The summed E-state index contributed by atoms with van der Waals surface area (Å²) < 4.78 is 2.09. The first-order chi connectivity index (χ1) is 8.31. The van der Waals surface area contributed by atoms with Gasteiger partial charge in [0.15, 0.2) is 0 Å². The van der Waals surface area contributed by atoms with E-state index in [2.05, 4.69) is 47.3 Å². The van der Waals surface area contributed by atoms with Gasteiger partial charge in [0.2, 0.25) is 0 Å². The highest BCUT2D eigenvalue weighted by atomic mass is 15.3. The third kappa shape index (κ3) is 4.88. The molecule has 1 aromatic rings. The van der Waals surface area contributed by atoms with E-state index in [1.54, 1.807) is 0 Å². The van der Waals surface area contributed by atoms with Crippen LogP contribution in [0.3, 0.4) is 0 Å². The third-order valence-electron chi connectivity index (χ3n) is 2.79. The van der Waals surface area contributed by atoms with E-state index < -0.39 is 0 Å². The minimum Gasteiger partial charge on any atom is -0.315 e. The van der Waals surface area contributed by atoms with Crippen molar-refractivity contribution >= 4 is 0 Å². The standard InChI is InChI=1S/C13H26N4/c1-4-7-14-8-9-15-11-13-10-12(5-2)16-17(13)6-3/h10,14-15H,4-9,11H2,1-3H3. The summed E-state index contributed by atoms with van der Waals surface area (Å²) in [5.41, 5.74) is 2.48. The normalized spacial score (nSPS) is 11.0. The highest BCUT2D eigenvalue weighted by Crippen LogP contribution is 2.04. The first-order valence-corrected chi connectivity index (χ1v) is 6.78. The molecule has 4 heteroatoms. The van der Waals surface area contributed by atoms with Crippen molar-refractivity contribution in [3.8, 4) is 0 Å². The fraction of sp³-hybridized carbons (Fsp3) is 0.769. The maximum atomic E-state index is 4.54. The molecule has 0 unspecified atom stereocenters. The number of hydrogen-bond donors (Lipinski definition) is 2. The van der Waals surface area contributed by atoms with E-state index in [4.69, 9.17) is 0 Å². The second-order valence-corrected chi connectivity index (χ2v) is 4.22. The van der Waals surface area contributed by atoms with E-state index in [1.165, 1.54) is 17.8 Å². The van der Waals surface area contributed by atoms with Gasteiger partial charge in [-0.2, -0.15) is 5.10 Å². The maximum Gasteiger partial charge on any atom is 0.0625 e. The molecule has 0 atom stereocenters. The SMILES string of the molecule is CCCNCCNCc1cc(CC)nn1CC. The van der Waals surface area contributed by atoms with Crippen molar-refractivity contribution in [1.29, 1.82) is 0 Å². The fourth-order valence-corrected chi connectivity index (χ4v) is 1.80. The molecule has 0 saturated heterocycles. The van der Waals surface area contributed by atoms with Crippen molar-refractivity contribution in [2.75, 3.05) is 19.6 Å². The minimum absolute atomic E-state index is 0.911. The molecule has 0 fully saturated rings. The number of hydrogen-bond acceptors (Lipinski definition) is 3. The molecule has 17 heavy (non-hydrogen) atoms. The third-order valence-corrected chi connectivity index (χ3v) is 2.79. The van der Waals surface area contributed by atoms with Crippen LogP contribution in [0.25, 0.3) is 0 Å². The maximum absolute atomic E-state index is 4.54. The van der Waals surface area contributed by atoms with Crippen molar-refractivity contribution in [3.05, 3.63) is 17.5 Å². The Kier molecular flexibility index (Phi) is 6.89. The van der Waals surface area contributed by atoms with Crippen LogP contribution in [0.15, 0.2) is 6.07 Å². The number of nitrogens with zero attached hydrogens (tertiary/aromatic N) is 2. The lowest BCUT2D eigenvalue weighted by Gasteiger charge is -2.07. The molecule has 0 bridgehead atoms. The summed E-state index contributed by atoms with van der Waals surface area (Å²) in [6.45, 7) is 11.5. The van der Waals surface area contributed by atoms with Gasteiger partial charge in [-0.05, 0) is 32.4 Å². The zero-order valence-electron chi connectivity index (χ0n) is 11.4. The van der Waals surface area contributed by atoms with Crippen molar-refractivity contribution in [3.63, 3.8) is 0 Å². The molecule has 98 valence electrons. The quantitative estimate of drug-likeness (QED) is 0.642. The molecule has 0 aliphatic heterocycles. The van der Waals surface area contributed by atoms with Gasteiger partial charge in [0.25, 0.3) is 0 Å². The summed E-state index contributed by atoms with van der Waals surface area (Å²) in [7, 11) is 0. The molecule has 2 N–H and O–H groups in total. The van der Waals surface area contributed by atoms with Gasteiger partial charge in [-0.1, -0.05) is 13.8 Å². The van der Waals surface area contributed by atoms with E-state index >= 15 is 0 Å². The first kappa shape index (κ1) is 14.2. The smallest absolute Gasteiger partial charge is 0.0625 e. The van der Waals surface area contributed by atoms with Gasteiger partial charge >= 0.3 is 0 Å². The molecular formula is C13H26N4. The predicted octanol–water partition coefficient (Wildman–Crippen LogP) is 1.55. The fourth-order valence-electron chi connectivity index (χ4n) is 1.80. The zero-order chi connectivity index (χ0) is 12.5. The van der Waals surface area contributed by atoms with Crippen LogP contribution in [0.5, 0.6) is 0 Å². The lowest BCUT2D eigenvalue weighted by atomic mass is 10.3. The summed E-state index contributed by atoms with van der Waals surface area (Å²) in [5, 5.41) is 11.4. The summed E-state index contributed by atoms with van der Waals surface area (Å²) >= 11 is 0. The van der Waals surface area contributed by atoms with Gasteiger partial charge in [-0.25, -0.2) is 0 Å². The Labute approximate surface area is 105 Å². The second kappa shape index (κ2) is 8.25. The number of aryl methyl sites for hydroxylation is 2. The largest absolute Gasteiger partial charge is 0.315 e. The van der Waals surface area contributed by atoms with Crippen molar-refractivity contribution in [2.24, 2.45) is 0 Å². The van der Waals surface area contributed by atoms with Gasteiger partial charge in [-0.3, -0.25) is 4.68 Å². The Morgan fingerprint density at radius 2 is 1.88 bits per heavy atom. The van der Waals surface area contributed by atoms with Crippen molar-refractivity contribution in [2.45, 2.75) is 46.7 Å². The summed E-state index contributed by atoms with van der Waals surface area (Å²) in [6.07, 6.45) is 2.21. The first-order valence-electron chi connectivity index (χ1n) is 6.78. The lowest BCUT2D eigenvalue weighted by molar-refractivity contribution is 0.561. The van der Waals surface area contributed by atoms with Gasteiger partial charge in [0, 0.05) is 26.2 Å². The minimum atomic E-state index is 0.911. The average Bonchev–Trinajstić information content (AvgIpc) is 2.76. The van der Waals surface area contributed by atoms with Crippen LogP contribution in [0.4, 0.5) is 0 Å². The second-order valence-electron chi connectivity index (χ2n) is 4.22. The highest BCUT2D eigenvalue weighted by Gasteiger charge is 2.04. The van der Waals surface area contributed by atoms with Crippen LogP contribution in [-0.4, -0.2) is 29.4 Å². The number of nitrogens with one attached hydrogen (secondary N) is 2. The average molecular weight is 238 g/mol. The van der Waals surface area contributed by atoms with Crippen LogP contribution in [0, 0.1) is 0 Å². The predicted molar refractivity (Wildman–Crippen MR) is 72.1 cm³/mol. The Hall–Kier alpha value is -0.870. The molecule has 0 radical (unpaired) electrons. The molecule has 0 aliphatic rings. The zero-order valence-corrected chi connectivity index (χ0v) is 11.4. The van der Waals surface area contributed by atoms with E-state index in [-0.39, 0.29) is 0 Å². The summed E-state index contributed by atoms with van der Waals surface area (Å²) in [5.74, 6) is 0. The number of rotatable bonds is 9. The molecule has 0 aliphatic carbocycles. The molecule has 0 amide bonds. The Bertz CT molecular complexity index is 306. The van der Waals surface area contributed by atoms with Crippen molar-refractivity contribution < 1.29 is 0 Å². The molecule has 0 spiro atoms. The van der Waals surface area contributed by atoms with Gasteiger partial charge in [0.05, 0.1) is 11.4 Å². The Balaban J connectivity index is 2.28. The molecular weight excluding hydrogens is 212 g/mol. The van der Waals surface area contributed by atoms with E-state index in [1.807, 2.05) is 0 Å². The molecule has 1 aromatic heterocycles. The lowest BCUT2D eigenvalue weighted by Crippen LogP contribution is -2.28. The van der Waals surface area contributed by atoms with Crippen LogP contribution in [0.1, 0.15) is 38.6 Å². The molecule has 0 saturated carbocycles. The Morgan fingerprint density at radius 3 is 2.53 bits per heavy atom. The topological polar surface area (TPSA) is 41.9 Å². The van der Waals surface area contributed by atoms with Crippen molar-refractivity contribution in [1.82, 2.24) is 20.4 Å². The van der Waals surface area contributed by atoms with E-state index in [0.29, 0.717) is 0 Å². The summed E-state index contributed by atoms with van der Waals surface area (Å²) in [4.78, 5) is 0. The molecule has 4 nitrogen and oxygen atoms in total. The van der Waals surface area contributed by atoms with Gasteiger partial charge in [-0.15, -0.1) is 0 Å². The van der Waals surface area contributed by atoms with Crippen LogP contribution in [0.2, 0.25) is 0 Å². The van der Waals surface area contributed by atoms with Crippen LogP contribution < -0.4 is 10.6 Å². The monoisotopic (exact) mass is 238 g/mol. The highest BCUT2D eigenvalue weighted by molar-refractivity contribution is 5.10. The van der Waals surface area contributed by atoms with Crippen LogP contribution in [-0.2, 0) is 19.5 Å². The van der Waals surface area contributed by atoms with Gasteiger partial charge in [0.1, 0.15) is 0 Å². The summed E-state index contributed by atoms with van der Waals surface area (Å²) in [6, 6.07) is 2.20. The molecule has 0 aromatic carbocycles. The van der Waals surface area contributed by atoms with E-state index in [9.17, 15) is 0 Å². The molecule has 1 heterocycles. The van der Waals surface area contributed by atoms with Crippen LogP contribution >= 0.6 is 0 Å². The number of aromatic nitrogens is 2. The van der Waals surface area contributed by atoms with Gasteiger partial charge < -0.3 is 10.6 Å². The van der Waals surface area contributed by atoms with E-state index in [0.717, 1.165) is 39.1 Å².